The lowest BCUT2D eigenvalue weighted by Crippen LogP contribution is -2.53. The van der Waals surface area contributed by atoms with E-state index < -0.39 is 5.66 Å². The van der Waals surface area contributed by atoms with E-state index in [1.165, 1.54) is 0 Å². The summed E-state index contributed by atoms with van der Waals surface area (Å²) in [5.74, 6) is 0. The lowest BCUT2D eigenvalue weighted by molar-refractivity contribution is 0.338. The third-order valence-electron chi connectivity index (χ3n) is 2.29. The van der Waals surface area contributed by atoms with Crippen molar-refractivity contribution in [2.45, 2.75) is 31.2 Å². The Morgan fingerprint density at radius 2 is 2.31 bits per heavy atom. The highest BCUT2D eigenvalue weighted by Gasteiger charge is 2.38. The molecular formula is C9H13N3S. The molecule has 70 valence electrons. The van der Waals surface area contributed by atoms with Gasteiger partial charge in [-0.2, -0.15) is 17.9 Å². The van der Waals surface area contributed by atoms with E-state index in [1.54, 1.807) is 12.4 Å². The molecule has 0 aliphatic carbocycles. The number of rotatable bonds is 1. The Morgan fingerprint density at radius 3 is 2.62 bits per heavy atom. The van der Waals surface area contributed by atoms with Gasteiger partial charge in [0.2, 0.25) is 0 Å². The molecule has 0 bridgehead atoms. The first-order valence-corrected chi connectivity index (χ1v) is 4.49. The van der Waals surface area contributed by atoms with Crippen LogP contribution in [0, 0.1) is 11.3 Å². The van der Waals surface area contributed by atoms with E-state index in [0.29, 0.717) is 5.57 Å². The molecule has 1 unspecified atom stereocenters. The van der Waals surface area contributed by atoms with E-state index in [4.69, 9.17) is 5.26 Å². The minimum atomic E-state index is -0.448. The van der Waals surface area contributed by atoms with Gasteiger partial charge >= 0.3 is 0 Å². The summed E-state index contributed by atoms with van der Waals surface area (Å²) in [5.41, 5.74) is 0.0891. The predicted octanol–water partition coefficient (Wildman–Crippen LogP) is 1.49. The molecule has 1 N–H and O–H groups in total. The van der Waals surface area contributed by atoms with Gasteiger partial charge in [0.15, 0.2) is 0 Å². The van der Waals surface area contributed by atoms with Crippen molar-refractivity contribution in [1.82, 2.24) is 5.32 Å². The van der Waals surface area contributed by atoms with Crippen molar-refractivity contribution in [3.8, 4) is 6.07 Å². The number of thiol groups is 1. The maximum absolute atomic E-state index is 8.60. The number of hydrogen-bond donors (Lipinski definition) is 2. The Kier molecular flexibility index (Phi) is 2.40. The Balaban J connectivity index is 2.89. The van der Waals surface area contributed by atoms with Crippen molar-refractivity contribution >= 4 is 18.8 Å². The molecule has 1 atom stereocenters. The summed E-state index contributed by atoms with van der Waals surface area (Å²) in [6.07, 6.45) is 3.25. The molecule has 1 aliphatic heterocycles. The van der Waals surface area contributed by atoms with Crippen LogP contribution in [0.3, 0.4) is 0 Å². The molecule has 1 aliphatic rings. The lowest BCUT2D eigenvalue weighted by Gasteiger charge is -2.39. The molecule has 0 saturated heterocycles. The molecule has 0 amide bonds. The van der Waals surface area contributed by atoms with E-state index in [9.17, 15) is 0 Å². The fourth-order valence-electron chi connectivity index (χ4n) is 0.887. The van der Waals surface area contributed by atoms with Crippen molar-refractivity contribution in [3.05, 3.63) is 11.8 Å². The number of nitrogens with one attached hydrogen (secondary N) is 1. The third-order valence-corrected chi connectivity index (χ3v) is 2.73. The minimum absolute atomic E-state index is 0.277. The zero-order valence-corrected chi connectivity index (χ0v) is 8.89. The zero-order valence-electron chi connectivity index (χ0n) is 8.00. The molecule has 0 radical (unpaired) electrons. The second-order valence-electron chi connectivity index (χ2n) is 3.75. The highest BCUT2D eigenvalue weighted by atomic mass is 32.1. The molecule has 0 saturated carbocycles. The quantitative estimate of drug-likeness (QED) is 0.623. The zero-order chi connectivity index (χ0) is 10.1. The fraction of sp³-hybridized carbons (Fsp3) is 0.556. The maximum Gasteiger partial charge on any atom is 0.140 e. The first-order valence-electron chi connectivity index (χ1n) is 4.05. The summed E-state index contributed by atoms with van der Waals surface area (Å²) in [5, 5.41) is 11.7. The molecule has 4 heteroatoms. The van der Waals surface area contributed by atoms with Crippen molar-refractivity contribution in [2.24, 2.45) is 4.99 Å². The second-order valence-corrected chi connectivity index (χ2v) is 4.86. The molecule has 0 aromatic rings. The summed E-state index contributed by atoms with van der Waals surface area (Å²) >= 11 is 4.45. The van der Waals surface area contributed by atoms with E-state index >= 15 is 0 Å². The van der Waals surface area contributed by atoms with Gasteiger partial charge < -0.3 is 5.32 Å². The van der Waals surface area contributed by atoms with Crippen molar-refractivity contribution < 1.29 is 0 Å². The summed E-state index contributed by atoms with van der Waals surface area (Å²) < 4.78 is -0.277. The fourth-order valence-corrected chi connectivity index (χ4v) is 1.01. The number of nitriles is 1. The lowest BCUT2D eigenvalue weighted by atomic mass is 9.96. The average molecular weight is 195 g/mol. The van der Waals surface area contributed by atoms with Crippen LogP contribution in [0.5, 0.6) is 0 Å². The van der Waals surface area contributed by atoms with Crippen LogP contribution in [0.15, 0.2) is 16.8 Å². The van der Waals surface area contributed by atoms with Crippen LogP contribution < -0.4 is 5.32 Å². The molecule has 1 heterocycles. The van der Waals surface area contributed by atoms with E-state index in [0.717, 1.165) is 0 Å². The Morgan fingerprint density at radius 1 is 1.69 bits per heavy atom. The molecule has 3 nitrogen and oxygen atoms in total. The molecule has 1 rings (SSSR count). The number of aliphatic imine (C=N–C) groups is 1. The maximum atomic E-state index is 8.60. The number of allylic oxidation sites excluding steroid dienone is 1. The predicted molar refractivity (Wildman–Crippen MR) is 56.8 cm³/mol. The molecule has 13 heavy (non-hydrogen) atoms. The van der Waals surface area contributed by atoms with Crippen LogP contribution in [0.1, 0.15) is 20.8 Å². The highest BCUT2D eigenvalue weighted by molar-refractivity contribution is 7.81. The summed E-state index contributed by atoms with van der Waals surface area (Å²) in [7, 11) is 0. The topological polar surface area (TPSA) is 48.2 Å². The number of hydrogen-bond acceptors (Lipinski definition) is 4. The van der Waals surface area contributed by atoms with Gasteiger partial charge in [-0.25, -0.2) is 0 Å². The minimum Gasteiger partial charge on any atom is -0.365 e. The third kappa shape index (κ3) is 1.86. The first kappa shape index (κ1) is 10.1. The summed E-state index contributed by atoms with van der Waals surface area (Å²) in [6.45, 7) is 5.90. The van der Waals surface area contributed by atoms with Crippen LogP contribution in [0.25, 0.3) is 0 Å². The smallest absolute Gasteiger partial charge is 0.140 e. The summed E-state index contributed by atoms with van der Waals surface area (Å²) in [6, 6.07) is 2.02. The average Bonchev–Trinajstić information content (AvgIpc) is 2.04. The monoisotopic (exact) mass is 195 g/mol. The van der Waals surface area contributed by atoms with Gasteiger partial charge in [0.25, 0.3) is 0 Å². The van der Waals surface area contributed by atoms with Gasteiger partial charge in [-0.05, 0) is 20.8 Å². The molecule has 0 spiro atoms. The van der Waals surface area contributed by atoms with Crippen LogP contribution in [-0.2, 0) is 0 Å². The highest BCUT2D eigenvalue weighted by Crippen LogP contribution is 2.30. The van der Waals surface area contributed by atoms with Crippen molar-refractivity contribution in [3.63, 3.8) is 0 Å². The summed E-state index contributed by atoms with van der Waals surface area (Å²) in [4.78, 5) is 4.28. The molecule has 0 aromatic heterocycles. The molecule has 0 fully saturated rings. The largest absolute Gasteiger partial charge is 0.365 e. The number of nitrogens with zero attached hydrogens (tertiary/aromatic N) is 2. The van der Waals surface area contributed by atoms with Crippen LogP contribution in [0.2, 0.25) is 0 Å². The van der Waals surface area contributed by atoms with Gasteiger partial charge in [0, 0.05) is 12.4 Å². The standard InChI is InChI=1S/C9H13N3S/c1-8(2,13)9(3)11-5-7(4-10)6-12-9/h5-6,11,13H,1-3H3. The van der Waals surface area contributed by atoms with Crippen LogP contribution >= 0.6 is 12.6 Å². The second kappa shape index (κ2) is 3.08. The Bertz CT molecular complexity index is 306. The first-order chi connectivity index (χ1) is 5.89. The Labute approximate surface area is 84.0 Å². The normalized spacial score (nSPS) is 27.5. The van der Waals surface area contributed by atoms with Crippen LogP contribution in [-0.4, -0.2) is 16.6 Å². The van der Waals surface area contributed by atoms with E-state index in [1.807, 2.05) is 26.8 Å². The Hall–Kier alpha value is -0.950. The molecule has 0 aromatic carbocycles. The van der Waals surface area contributed by atoms with Gasteiger partial charge in [-0.3, -0.25) is 4.99 Å². The van der Waals surface area contributed by atoms with E-state index in [2.05, 4.69) is 22.9 Å². The van der Waals surface area contributed by atoms with Crippen LogP contribution in [0.4, 0.5) is 0 Å². The van der Waals surface area contributed by atoms with Gasteiger partial charge in [-0.1, -0.05) is 0 Å². The van der Waals surface area contributed by atoms with Gasteiger partial charge in [0.1, 0.15) is 11.7 Å². The van der Waals surface area contributed by atoms with Gasteiger partial charge in [0.05, 0.1) is 10.3 Å². The van der Waals surface area contributed by atoms with Gasteiger partial charge in [-0.15, -0.1) is 0 Å². The van der Waals surface area contributed by atoms with E-state index in [-0.39, 0.29) is 4.75 Å². The SMILES string of the molecule is CC(C)(S)C1(C)N=CC(C#N)=CN1. The molecular weight excluding hydrogens is 182 g/mol. The van der Waals surface area contributed by atoms with Crippen molar-refractivity contribution in [2.75, 3.05) is 0 Å². The van der Waals surface area contributed by atoms with Crippen molar-refractivity contribution in [1.29, 1.82) is 5.26 Å².